The van der Waals surface area contributed by atoms with E-state index in [1.54, 1.807) is 13.8 Å². The van der Waals surface area contributed by atoms with Crippen LogP contribution in [0.25, 0.3) is 10.2 Å². The Balaban J connectivity index is 1.62. The average Bonchev–Trinajstić information content (AvgIpc) is 3.06. The molecule has 11 heteroatoms. The zero-order chi connectivity index (χ0) is 24.3. The van der Waals surface area contributed by atoms with E-state index in [1.165, 1.54) is 34.1 Å². The fraction of sp³-hybridized carbons (Fsp3) is 0.364. The molecule has 33 heavy (non-hydrogen) atoms. The van der Waals surface area contributed by atoms with Crippen LogP contribution >= 0.6 is 23.1 Å². The summed E-state index contributed by atoms with van der Waals surface area (Å²) in [6.45, 7) is 7.12. The second-order valence-corrected chi connectivity index (χ2v) is 9.96. The number of anilines is 1. The van der Waals surface area contributed by atoms with Crippen LogP contribution in [-0.4, -0.2) is 45.0 Å². The minimum absolute atomic E-state index is 0.205. The van der Waals surface area contributed by atoms with Gasteiger partial charge in [0, 0.05) is 11.4 Å². The molecule has 7 nitrogen and oxygen atoms in total. The van der Waals surface area contributed by atoms with Gasteiger partial charge in [-0.25, -0.2) is 13.8 Å². The monoisotopic (exact) mass is 494 g/mol. The van der Waals surface area contributed by atoms with E-state index >= 15 is 0 Å². The molecule has 0 aliphatic rings. The lowest BCUT2D eigenvalue weighted by molar-refractivity contribution is -0.133. The maximum atomic E-state index is 13.8. The van der Waals surface area contributed by atoms with E-state index in [0.29, 0.717) is 21.8 Å². The van der Waals surface area contributed by atoms with E-state index < -0.39 is 28.5 Å². The van der Waals surface area contributed by atoms with Gasteiger partial charge in [0.15, 0.2) is 0 Å². The van der Waals surface area contributed by atoms with Crippen LogP contribution in [0.1, 0.15) is 30.1 Å². The molecule has 0 aliphatic carbocycles. The molecule has 0 radical (unpaired) electrons. The van der Waals surface area contributed by atoms with Crippen molar-refractivity contribution in [2.45, 2.75) is 38.7 Å². The third kappa shape index (κ3) is 5.59. The number of amides is 2. The largest absolute Gasteiger partial charge is 0.333 e. The first kappa shape index (κ1) is 24.8. The van der Waals surface area contributed by atoms with Gasteiger partial charge in [-0.2, -0.15) is 0 Å². The Morgan fingerprint density at radius 1 is 1.27 bits per heavy atom. The number of benzene rings is 1. The average molecular weight is 495 g/mol. The quantitative estimate of drug-likeness (QED) is 0.494. The molecule has 2 amide bonds. The third-order valence-electron chi connectivity index (χ3n) is 5.16. The minimum Gasteiger partial charge on any atom is -0.333 e. The number of aromatic amines is 1. The smallest absolute Gasteiger partial charge is 0.259 e. The van der Waals surface area contributed by atoms with E-state index in [1.807, 2.05) is 13.8 Å². The van der Waals surface area contributed by atoms with Crippen molar-refractivity contribution in [3.8, 4) is 0 Å². The van der Waals surface area contributed by atoms with Crippen LogP contribution in [0.4, 0.5) is 14.5 Å². The number of likely N-dealkylation sites (N-methyl/N-ethyl adjacent to an activating group) is 1. The predicted molar refractivity (Wildman–Crippen MR) is 128 cm³/mol. The third-order valence-corrected chi connectivity index (χ3v) is 7.40. The van der Waals surface area contributed by atoms with Crippen molar-refractivity contribution in [3.63, 3.8) is 0 Å². The van der Waals surface area contributed by atoms with Crippen LogP contribution in [0.15, 0.2) is 23.0 Å². The first-order chi connectivity index (χ1) is 15.6. The molecule has 0 fully saturated rings. The van der Waals surface area contributed by atoms with Gasteiger partial charge in [0.1, 0.15) is 28.0 Å². The second-order valence-electron chi connectivity index (χ2n) is 7.43. The van der Waals surface area contributed by atoms with Gasteiger partial charge in [0.25, 0.3) is 5.56 Å². The molecule has 1 atom stereocenters. The number of aromatic nitrogens is 2. The fourth-order valence-corrected chi connectivity index (χ4v) is 5.10. The molecule has 1 aromatic carbocycles. The van der Waals surface area contributed by atoms with Crippen LogP contribution in [0.5, 0.6) is 0 Å². The number of hydrogen-bond donors (Lipinski definition) is 2. The lowest BCUT2D eigenvalue weighted by Gasteiger charge is -2.23. The minimum atomic E-state index is -0.892. The van der Waals surface area contributed by atoms with Gasteiger partial charge in [-0.1, -0.05) is 6.07 Å². The summed E-state index contributed by atoms with van der Waals surface area (Å²) in [7, 11) is 0. The Labute approximate surface area is 197 Å². The summed E-state index contributed by atoms with van der Waals surface area (Å²) in [6.07, 6.45) is 0. The van der Waals surface area contributed by atoms with Crippen LogP contribution in [0.2, 0.25) is 0 Å². The number of nitrogens with zero attached hydrogens (tertiary/aromatic N) is 2. The highest BCUT2D eigenvalue weighted by molar-refractivity contribution is 7.99. The fourth-order valence-electron chi connectivity index (χ4n) is 3.22. The number of thiophene rings is 1. The normalized spacial score (nSPS) is 12.1. The topological polar surface area (TPSA) is 95.2 Å². The molecule has 2 heterocycles. The number of H-pyrrole nitrogens is 1. The summed E-state index contributed by atoms with van der Waals surface area (Å²) in [5, 5.41) is 2.24. The van der Waals surface area contributed by atoms with Crippen LogP contribution < -0.4 is 10.9 Å². The molecule has 2 N–H and O–H groups in total. The molecule has 176 valence electrons. The van der Waals surface area contributed by atoms with Gasteiger partial charge in [-0.15, -0.1) is 23.1 Å². The summed E-state index contributed by atoms with van der Waals surface area (Å²) in [6, 6.07) is 3.27. The second kappa shape index (κ2) is 10.4. The number of hydrogen-bond acceptors (Lipinski definition) is 6. The first-order valence-electron chi connectivity index (χ1n) is 10.3. The molecule has 0 spiro atoms. The molecule has 0 saturated heterocycles. The Kier molecular flexibility index (Phi) is 7.85. The lowest BCUT2D eigenvalue weighted by Crippen LogP contribution is -2.41. The van der Waals surface area contributed by atoms with Crippen molar-refractivity contribution < 1.29 is 18.4 Å². The van der Waals surface area contributed by atoms with Gasteiger partial charge in [0.05, 0.1) is 22.9 Å². The molecular weight excluding hydrogens is 470 g/mol. The first-order valence-corrected chi connectivity index (χ1v) is 12.1. The van der Waals surface area contributed by atoms with Crippen molar-refractivity contribution in [2.24, 2.45) is 0 Å². The van der Waals surface area contributed by atoms with E-state index in [9.17, 15) is 23.2 Å². The molecule has 0 saturated carbocycles. The zero-order valence-corrected chi connectivity index (χ0v) is 20.3. The summed E-state index contributed by atoms with van der Waals surface area (Å²) >= 11 is 2.73. The Morgan fingerprint density at radius 3 is 2.58 bits per heavy atom. The Bertz CT molecular complexity index is 1240. The maximum Gasteiger partial charge on any atom is 0.259 e. The van der Waals surface area contributed by atoms with Crippen LogP contribution in [0.3, 0.4) is 0 Å². The number of carbonyl (C=O) groups excluding carboxylic acids is 2. The number of carbonyl (C=O) groups is 2. The molecule has 3 aromatic rings. The summed E-state index contributed by atoms with van der Waals surface area (Å²) in [5.41, 5.74) is 0.167. The van der Waals surface area contributed by atoms with Crippen molar-refractivity contribution in [1.82, 2.24) is 14.9 Å². The maximum absolute atomic E-state index is 13.8. The molecule has 3 rings (SSSR count). The number of thioether (sulfide) groups is 1. The Morgan fingerprint density at radius 2 is 1.94 bits per heavy atom. The highest BCUT2D eigenvalue weighted by atomic mass is 32.2. The van der Waals surface area contributed by atoms with E-state index in [-0.39, 0.29) is 24.6 Å². The van der Waals surface area contributed by atoms with E-state index in [0.717, 1.165) is 22.6 Å². The molecule has 0 aliphatic heterocycles. The van der Waals surface area contributed by atoms with Gasteiger partial charge in [-0.05, 0) is 45.4 Å². The highest BCUT2D eigenvalue weighted by Gasteiger charge is 2.23. The number of fused-ring (bicyclic) bond motifs is 1. The number of aryl methyl sites for hydroxylation is 2. The number of para-hydroxylation sites is 1. The SMILES string of the molecule is CCN(CC(=O)Nc1c(F)cccc1F)C(=O)C(C)SCc1nc2sc(C)c(C)c2c(=O)[nH]1. The van der Waals surface area contributed by atoms with E-state index in [2.05, 4.69) is 15.3 Å². The van der Waals surface area contributed by atoms with Crippen molar-refractivity contribution >= 4 is 50.8 Å². The molecular formula is C22H24F2N4O3S2. The number of halogens is 2. The number of nitrogens with one attached hydrogen (secondary N) is 2. The van der Waals surface area contributed by atoms with E-state index in [4.69, 9.17) is 0 Å². The summed E-state index contributed by atoms with van der Waals surface area (Å²) in [4.78, 5) is 47.8. The standard InChI is InChI=1S/C22H24F2N4O3S2/c1-5-28(9-17(29)27-19-14(23)7-6-8-15(19)24)22(31)13(4)32-10-16-25-20(30)18-11(2)12(3)33-21(18)26-16/h6-8,13H,5,9-10H2,1-4H3,(H,27,29)(H,25,26,30). The zero-order valence-electron chi connectivity index (χ0n) is 18.6. The molecule has 2 aromatic heterocycles. The highest BCUT2D eigenvalue weighted by Crippen LogP contribution is 2.27. The van der Waals surface area contributed by atoms with Gasteiger partial charge in [-0.3, -0.25) is 14.4 Å². The van der Waals surface area contributed by atoms with Gasteiger partial charge >= 0.3 is 0 Å². The predicted octanol–water partition coefficient (Wildman–Crippen LogP) is 3.99. The van der Waals surface area contributed by atoms with Gasteiger partial charge < -0.3 is 15.2 Å². The van der Waals surface area contributed by atoms with Crippen molar-refractivity contribution in [3.05, 3.63) is 56.5 Å². The molecule has 0 bridgehead atoms. The molecule has 1 unspecified atom stereocenters. The van der Waals surface area contributed by atoms with Crippen molar-refractivity contribution in [1.29, 1.82) is 0 Å². The van der Waals surface area contributed by atoms with Gasteiger partial charge in [0.2, 0.25) is 11.8 Å². The Hall–Kier alpha value is -2.79. The van der Waals surface area contributed by atoms with Crippen LogP contribution in [0, 0.1) is 25.5 Å². The number of rotatable bonds is 8. The van der Waals surface area contributed by atoms with Crippen LogP contribution in [-0.2, 0) is 15.3 Å². The summed E-state index contributed by atoms with van der Waals surface area (Å²) in [5.74, 6) is -2.02. The lowest BCUT2D eigenvalue weighted by atomic mass is 10.2. The van der Waals surface area contributed by atoms with Crippen molar-refractivity contribution in [2.75, 3.05) is 18.4 Å². The summed E-state index contributed by atoms with van der Waals surface area (Å²) < 4.78 is 27.5.